The first-order chi connectivity index (χ1) is 21.6. The number of carbonyl (C=O) groups is 2. The highest BCUT2D eigenvalue weighted by molar-refractivity contribution is 5.99. The molecule has 45 heavy (non-hydrogen) atoms. The molecule has 4 atom stereocenters. The molecule has 0 spiro atoms. The first kappa shape index (κ1) is 33.4. The van der Waals surface area contributed by atoms with Gasteiger partial charge in [0.15, 0.2) is 5.78 Å². The lowest BCUT2D eigenvalue weighted by Gasteiger charge is -2.46. The van der Waals surface area contributed by atoms with Gasteiger partial charge in [-0.1, -0.05) is 80.3 Å². The van der Waals surface area contributed by atoms with Gasteiger partial charge >= 0.3 is 6.09 Å². The highest BCUT2D eigenvalue weighted by atomic mass is 16.6. The van der Waals surface area contributed by atoms with Crippen LogP contribution in [-0.2, 0) is 17.7 Å². The van der Waals surface area contributed by atoms with Crippen molar-refractivity contribution in [3.8, 4) is 0 Å². The number of hydrogen-bond acceptors (Lipinski definition) is 5. The number of aliphatic hydroxyl groups is 2. The molecule has 6 rings (SSSR count). The van der Waals surface area contributed by atoms with Gasteiger partial charge in [0, 0.05) is 23.4 Å². The lowest BCUT2D eigenvalue weighted by molar-refractivity contribution is -0.0821. The number of fused-ring (bicyclic) bond motifs is 8. The second-order valence-electron chi connectivity index (χ2n) is 14.2. The minimum atomic E-state index is -1.18. The maximum absolute atomic E-state index is 14.3. The molecule has 0 radical (unpaired) electrons. The van der Waals surface area contributed by atoms with E-state index in [1.54, 1.807) is 11.8 Å². The molecule has 2 fully saturated rings. The number of rotatable bonds is 7. The average Bonchev–Trinajstić information content (AvgIpc) is 3.29. The van der Waals surface area contributed by atoms with Gasteiger partial charge in [-0.25, -0.2) is 4.79 Å². The molecule has 0 aliphatic heterocycles. The summed E-state index contributed by atoms with van der Waals surface area (Å²) in [7, 11) is 0. The van der Waals surface area contributed by atoms with Crippen molar-refractivity contribution < 1.29 is 24.5 Å². The van der Waals surface area contributed by atoms with Crippen molar-refractivity contribution in [3.63, 3.8) is 0 Å². The van der Waals surface area contributed by atoms with Crippen LogP contribution in [0.25, 0.3) is 0 Å². The summed E-state index contributed by atoms with van der Waals surface area (Å²) in [5.41, 5.74) is 3.24. The molecule has 244 valence electrons. The fraction of sp³-hybridized carbons (Fsp3) is 0.590. The second kappa shape index (κ2) is 14.6. The summed E-state index contributed by atoms with van der Waals surface area (Å²) in [5, 5.41) is 23.7. The fourth-order valence-corrected chi connectivity index (χ4v) is 8.32. The summed E-state index contributed by atoms with van der Waals surface area (Å²) in [5.74, 6) is 0.194. The van der Waals surface area contributed by atoms with E-state index in [1.165, 1.54) is 12.0 Å². The Morgan fingerprint density at radius 2 is 1.76 bits per heavy atom. The van der Waals surface area contributed by atoms with Crippen molar-refractivity contribution in [1.82, 2.24) is 4.90 Å². The molecule has 0 aromatic heterocycles. The molecule has 2 aromatic carbocycles. The summed E-state index contributed by atoms with van der Waals surface area (Å²) in [6.45, 7) is 6.88. The zero-order valence-electron chi connectivity index (χ0n) is 27.6. The Hall–Kier alpha value is -2.96. The van der Waals surface area contributed by atoms with E-state index in [1.807, 2.05) is 30.3 Å². The normalized spacial score (nSPS) is 27.7. The third-order valence-electron chi connectivity index (χ3n) is 11.1. The number of hydrogen-bond donors (Lipinski definition) is 2. The van der Waals surface area contributed by atoms with Gasteiger partial charge in [0.25, 0.3) is 0 Å². The van der Waals surface area contributed by atoms with Crippen molar-refractivity contribution in [2.24, 2.45) is 11.3 Å². The zero-order chi connectivity index (χ0) is 32.0. The first-order valence-corrected chi connectivity index (χ1v) is 17.3. The Bertz CT molecular complexity index is 1350. The molecule has 6 nitrogen and oxygen atoms in total. The average molecular weight is 616 g/mol. The van der Waals surface area contributed by atoms with E-state index in [4.69, 9.17) is 4.74 Å². The lowest BCUT2D eigenvalue weighted by Crippen LogP contribution is -2.53. The second-order valence-corrected chi connectivity index (χ2v) is 14.2. The van der Waals surface area contributed by atoms with E-state index >= 15 is 0 Å². The molecular weight excluding hydrogens is 562 g/mol. The van der Waals surface area contributed by atoms with Crippen LogP contribution < -0.4 is 0 Å². The summed E-state index contributed by atoms with van der Waals surface area (Å²) >= 11 is 0. The smallest absolute Gasteiger partial charge is 0.410 e. The highest BCUT2D eigenvalue weighted by Gasteiger charge is 2.57. The Morgan fingerprint density at radius 1 is 1.00 bits per heavy atom. The number of Topliss-reactive ketones (excluding diaryl/α,β-unsaturated/α-hetero) is 1. The number of ketones is 1. The van der Waals surface area contributed by atoms with E-state index in [0.29, 0.717) is 25.8 Å². The van der Waals surface area contributed by atoms with Crippen molar-refractivity contribution in [1.29, 1.82) is 0 Å². The molecule has 0 saturated heterocycles. The maximum Gasteiger partial charge on any atom is 0.410 e. The van der Waals surface area contributed by atoms with E-state index < -0.39 is 23.2 Å². The van der Waals surface area contributed by atoms with Crippen molar-refractivity contribution >= 4 is 11.9 Å². The third-order valence-corrected chi connectivity index (χ3v) is 11.1. The Balaban J connectivity index is 1.56. The number of nitrogens with zero attached hydrogens (tertiary/aromatic N) is 1. The topological polar surface area (TPSA) is 87.1 Å². The highest BCUT2D eigenvalue weighted by Crippen LogP contribution is 2.59. The summed E-state index contributed by atoms with van der Waals surface area (Å²) in [6, 6.07) is 16.1. The number of benzene rings is 2. The predicted molar refractivity (Wildman–Crippen MR) is 178 cm³/mol. The zero-order valence-corrected chi connectivity index (χ0v) is 27.6. The van der Waals surface area contributed by atoms with Gasteiger partial charge in [0.1, 0.15) is 0 Å². The molecule has 4 aliphatic carbocycles. The van der Waals surface area contributed by atoms with Gasteiger partial charge in [-0.2, -0.15) is 0 Å². The standard InChI is InChI=1S/C39H53NO5/c1-4-45-37(43)40(26-29-13-7-5-8-14-29)27-39(44)23-21-35-33-20-18-30(25-34(33)36(42)31-15-9-6-10-16-31)24-32(41)19-17-28(2)12-11-22-38(35,39)3/h5,7-8,12-14,18,20,25,31-32,35,41,44H,4,6,9-11,15-17,19,21-24,26-27H2,1-3H3/t32-,35-,38-,39+/m0/s1. The van der Waals surface area contributed by atoms with Crippen LogP contribution in [-0.4, -0.2) is 51.8 Å². The number of ether oxygens (including phenoxy) is 1. The number of aliphatic hydroxyl groups excluding tert-OH is 1. The van der Waals surface area contributed by atoms with Gasteiger partial charge in [-0.05, 0) is 100 Å². The molecule has 1 amide bonds. The van der Waals surface area contributed by atoms with Crippen molar-refractivity contribution in [2.45, 2.75) is 122 Å². The van der Waals surface area contributed by atoms with Crippen LogP contribution in [0.5, 0.6) is 0 Å². The van der Waals surface area contributed by atoms with E-state index in [0.717, 1.165) is 73.6 Å². The van der Waals surface area contributed by atoms with Gasteiger partial charge in [-0.15, -0.1) is 0 Å². The molecule has 2 saturated carbocycles. The fourth-order valence-electron chi connectivity index (χ4n) is 8.32. The largest absolute Gasteiger partial charge is 0.450 e. The van der Waals surface area contributed by atoms with Crippen LogP contribution in [0.1, 0.15) is 124 Å². The van der Waals surface area contributed by atoms with Crippen LogP contribution in [0, 0.1) is 11.3 Å². The monoisotopic (exact) mass is 615 g/mol. The van der Waals surface area contributed by atoms with Crippen LogP contribution >= 0.6 is 0 Å². The molecule has 0 heterocycles. The van der Waals surface area contributed by atoms with Gasteiger partial charge in [-0.3, -0.25) is 4.79 Å². The molecule has 2 bridgehead atoms. The molecule has 2 N–H and O–H groups in total. The summed E-state index contributed by atoms with van der Waals surface area (Å²) < 4.78 is 5.50. The molecule has 0 unspecified atom stereocenters. The minimum absolute atomic E-state index is 0.0267. The Kier molecular flexibility index (Phi) is 10.9. The van der Waals surface area contributed by atoms with E-state index in [-0.39, 0.29) is 30.8 Å². The molecule has 2 aromatic rings. The van der Waals surface area contributed by atoms with Crippen molar-refractivity contribution in [3.05, 3.63) is 82.4 Å². The van der Waals surface area contributed by atoms with Crippen LogP contribution in [0.15, 0.2) is 60.2 Å². The lowest BCUT2D eigenvalue weighted by atomic mass is 9.64. The van der Waals surface area contributed by atoms with Gasteiger partial charge in [0.05, 0.1) is 24.9 Å². The number of allylic oxidation sites excluding steroid dienone is 2. The molecule has 4 aliphatic rings. The van der Waals surface area contributed by atoms with Gasteiger partial charge in [0.2, 0.25) is 0 Å². The number of carbonyl (C=O) groups excluding carboxylic acids is 2. The molecular formula is C39H53NO5. The Labute approximate surface area is 269 Å². The third kappa shape index (κ3) is 7.55. The summed E-state index contributed by atoms with van der Waals surface area (Å²) in [6.07, 6.45) is 11.3. The predicted octanol–water partition coefficient (Wildman–Crippen LogP) is 8.15. The quantitative estimate of drug-likeness (QED) is 0.243. The Morgan fingerprint density at radius 3 is 2.49 bits per heavy atom. The minimum Gasteiger partial charge on any atom is -0.450 e. The van der Waals surface area contributed by atoms with Crippen LogP contribution in [0.4, 0.5) is 4.79 Å². The maximum atomic E-state index is 14.3. The number of amides is 1. The summed E-state index contributed by atoms with van der Waals surface area (Å²) in [4.78, 5) is 29.3. The SMILES string of the molecule is CCOC(=O)N(Cc1ccccc1)C[C@]1(O)CC[C@H]2c3ccc(cc3C(=O)C3CCCCC3)C[C@@H](O)CCC(C)=CCC[C@@]21C. The van der Waals surface area contributed by atoms with Gasteiger partial charge < -0.3 is 19.8 Å². The van der Waals surface area contributed by atoms with Crippen LogP contribution in [0.2, 0.25) is 0 Å². The molecule has 6 heteroatoms. The van der Waals surface area contributed by atoms with E-state index in [2.05, 4.69) is 38.1 Å². The van der Waals surface area contributed by atoms with Crippen molar-refractivity contribution in [2.75, 3.05) is 13.2 Å². The first-order valence-electron chi connectivity index (χ1n) is 17.3. The van der Waals surface area contributed by atoms with E-state index in [9.17, 15) is 19.8 Å². The van der Waals surface area contributed by atoms with Crippen LogP contribution in [0.3, 0.4) is 0 Å².